The number of unbranched alkanes of at least 4 members (excludes halogenated alkanes) is 2. The van der Waals surface area contributed by atoms with Crippen LogP contribution < -0.4 is 9.47 Å². The molecule has 0 aromatic heterocycles. The predicted molar refractivity (Wildman–Crippen MR) is 266 cm³/mol. The third kappa shape index (κ3) is 12.3. The molecule has 0 bridgehead atoms. The van der Waals surface area contributed by atoms with Gasteiger partial charge in [-0.2, -0.15) is 0 Å². The van der Waals surface area contributed by atoms with Gasteiger partial charge in [0.05, 0.1) is 10.0 Å². The van der Waals surface area contributed by atoms with Crippen LogP contribution in [0.15, 0.2) is 30.3 Å². The first-order valence-electron chi connectivity index (χ1n) is 25.2. The maximum Gasteiger partial charge on any atom is 0.339 e. The van der Waals surface area contributed by atoms with Gasteiger partial charge in [-0.3, -0.25) is 9.59 Å². The SMILES string of the molecule is CCCCC(=O)Oc1c(Cl)cc(C(=CCC[C@H]2CC[C@@]3(C)[C@@H](CC[C@@H]4[C@@H]3CC[C@]3(C)[C@@H](C(C)CCCC(C)C)CC[C@@H]43)C2)c2cc(Cl)c(OC(=O)CCCC)c(C(=O)O)c2)cc1C(=O)O.[Na]. The molecule has 4 saturated carbocycles. The molecule has 11 heteroatoms. The molecule has 0 spiro atoms. The van der Waals surface area contributed by atoms with Crippen molar-refractivity contribution in [2.45, 2.75) is 177 Å². The van der Waals surface area contributed by atoms with E-state index in [1.165, 1.54) is 82.8 Å². The average Bonchev–Trinajstić information content (AvgIpc) is 3.62. The number of halogens is 2. The van der Waals surface area contributed by atoms with E-state index in [9.17, 15) is 29.4 Å². The maximum atomic E-state index is 12.7. The van der Waals surface area contributed by atoms with Gasteiger partial charge in [-0.1, -0.05) is 110 Å². The summed E-state index contributed by atoms with van der Waals surface area (Å²) in [7, 11) is 0. The molecule has 0 saturated heterocycles. The second kappa shape index (κ2) is 24.0. The number of carbonyl (C=O) groups excluding carboxylic acids is 2. The summed E-state index contributed by atoms with van der Waals surface area (Å²) >= 11 is 13.5. The van der Waals surface area contributed by atoms with Gasteiger partial charge in [-0.25, -0.2) is 9.59 Å². The second-order valence-electron chi connectivity index (χ2n) is 21.5. The standard InChI is InChI=1S/C55H76Cl2O8.Na/c1-8-10-18-48(58)64-50-41(52(60)61)29-36(31-46(50)56)39(37-30-42(53(62)63)51(47(57)32-37)65-49(59)19-11-9-2)17-13-16-35-24-26-54(6)38(28-35)20-21-40-44-23-22-43(34(5)15-12-14-33(3)4)55(44,7)27-25-45(40)54;/h17,29-35,38,40,43-45H,8-16,18-28H2,1-7H3,(H,60,61)(H,62,63);/t34?,35-,38-,40-,43+,44-,45-,54-,55+;/m0./s1. The normalized spacial score (nSPS) is 27.1. The van der Waals surface area contributed by atoms with Crippen molar-refractivity contribution >= 4 is 82.2 Å². The Bertz CT molecular complexity index is 1990. The van der Waals surface area contributed by atoms with E-state index in [4.69, 9.17) is 32.7 Å². The molecular formula is C55H76Cl2NaO8. The number of esters is 2. The van der Waals surface area contributed by atoms with E-state index in [-0.39, 0.29) is 75.1 Å². The van der Waals surface area contributed by atoms with Crippen LogP contribution in [0, 0.1) is 58.2 Å². The average molecular weight is 959 g/mol. The van der Waals surface area contributed by atoms with Crippen LogP contribution in [0.25, 0.3) is 5.57 Å². The number of hydrogen-bond acceptors (Lipinski definition) is 6. The van der Waals surface area contributed by atoms with Gasteiger partial charge < -0.3 is 19.7 Å². The molecule has 9 atom stereocenters. The van der Waals surface area contributed by atoms with E-state index in [1.807, 2.05) is 19.9 Å². The van der Waals surface area contributed by atoms with Gasteiger partial charge >= 0.3 is 23.9 Å². The third-order valence-electron chi connectivity index (χ3n) is 17.0. The number of carbonyl (C=O) groups is 4. The Morgan fingerprint density at radius 2 is 1.27 bits per heavy atom. The van der Waals surface area contributed by atoms with Crippen molar-refractivity contribution < 1.29 is 38.9 Å². The zero-order valence-corrected chi connectivity index (χ0v) is 44.8. The first-order chi connectivity index (χ1) is 30.9. The molecule has 2 aromatic rings. The number of rotatable bonds is 20. The van der Waals surface area contributed by atoms with Crippen LogP contribution in [0.1, 0.15) is 209 Å². The van der Waals surface area contributed by atoms with Crippen LogP contribution in [0.5, 0.6) is 11.5 Å². The maximum absolute atomic E-state index is 12.7. The van der Waals surface area contributed by atoms with Gasteiger partial charge in [0.1, 0.15) is 11.1 Å². The molecule has 4 fully saturated rings. The summed E-state index contributed by atoms with van der Waals surface area (Å²) in [4.78, 5) is 50.7. The molecule has 2 N–H and O–H groups in total. The Balaban J connectivity index is 0.00000817. The number of ether oxygens (including phenoxy) is 2. The fraction of sp³-hybridized carbons (Fsp3) is 0.673. The molecule has 6 rings (SSSR count). The van der Waals surface area contributed by atoms with E-state index in [0.29, 0.717) is 58.6 Å². The Kier molecular flexibility index (Phi) is 19.8. The molecule has 2 aromatic carbocycles. The van der Waals surface area contributed by atoms with Crippen molar-refractivity contribution in [2.75, 3.05) is 0 Å². The van der Waals surface area contributed by atoms with E-state index < -0.39 is 23.9 Å². The molecule has 1 unspecified atom stereocenters. The number of carboxylic acids is 2. The number of benzene rings is 2. The first-order valence-corrected chi connectivity index (χ1v) is 25.9. The smallest absolute Gasteiger partial charge is 0.339 e. The number of aromatic carboxylic acids is 2. The zero-order chi connectivity index (χ0) is 47.2. The molecule has 4 aliphatic rings. The van der Waals surface area contributed by atoms with Crippen molar-refractivity contribution in [1.82, 2.24) is 0 Å². The molecule has 8 nitrogen and oxygen atoms in total. The fourth-order valence-electron chi connectivity index (χ4n) is 13.5. The monoisotopic (exact) mass is 957 g/mol. The van der Waals surface area contributed by atoms with Crippen LogP contribution >= 0.6 is 23.2 Å². The third-order valence-corrected chi connectivity index (χ3v) is 17.5. The summed E-state index contributed by atoms with van der Waals surface area (Å²) in [5.74, 6) is 1.87. The number of hydrogen-bond donors (Lipinski definition) is 2. The van der Waals surface area contributed by atoms with Crippen molar-refractivity contribution in [3.63, 3.8) is 0 Å². The molecule has 1 radical (unpaired) electrons. The summed E-state index contributed by atoms with van der Waals surface area (Å²) in [6, 6.07) is 5.93. The Morgan fingerprint density at radius 3 is 1.80 bits per heavy atom. The minimum atomic E-state index is -1.33. The van der Waals surface area contributed by atoms with Gasteiger partial charge in [-0.15, -0.1) is 0 Å². The van der Waals surface area contributed by atoms with Crippen LogP contribution in [-0.2, 0) is 9.59 Å². The number of carboxylic acid groups (broad SMARTS) is 2. The Morgan fingerprint density at radius 1 is 0.727 bits per heavy atom. The molecule has 0 amide bonds. The van der Waals surface area contributed by atoms with Gasteiger partial charge in [0.2, 0.25) is 0 Å². The Labute approximate surface area is 427 Å². The van der Waals surface area contributed by atoms with E-state index in [2.05, 4.69) is 34.6 Å². The Hall–Kier alpha value is -2.36. The minimum Gasteiger partial charge on any atom is -0.478 e. The van der Waals surface area contributed by atoms with Crippen molar-refractivity contribution in [3.8, 4) is 11.5 Å². The minimum absolute atomic E-state index is 0. The summed E-state index contributed by atoms with van der Waals surface area (Å²) in [6.45, 7) is 16.5. The van der Waals surface area contributed by atoms with Crippen LogP contribution in [0.4, 0.5) is 0 Å². The van der Waals surface area contributed by atoms with Crippen LogP contribution in [0.2, 0.25) is 10.0 Å². The molecule has 66 heavy (non-hydrogen) atoms. The molecular weight excluding hydrogens is 882 g/mol. The summed E-state index contributed by atoms with van der Waals surface area (Å²) in [5.41, 5.74) is 1.60. The van der Waals surface area contributed by atoms with Gasteiger partial charge in [0, 0.05) is 42.4 Å². The summed E-state index contributed by atoms with van der Waals surface area (Å²) in [6.07, 6.45) is 22.4. The van der Waals surface area contributed by atoms with E-state index >= 15 is 0 Å². The number of fused-ring (bicyclic) bond motifs is 5. The quantitative estimate of drug-likeness (QED) is 0.0763. The molecule has 0 heterocycles. The van der Waals surface area contributed by atoms with E-state index in [1.54, 1.807) is 12.1 Å². The summed E-state index contributed by atoms with van der Waals surface area (Å²) < 4.78 is 11.0. The molecule has 359 valence electrons. The summed E-state index contributed by atoms with van der Waals surface area (Å²) in [5, 5.41) is 20.6. The van der Waals surface area contributed by atoms with Gasteiger partial charge in [0.15, 0.2) is 11.5 Å². The topological polar surface area (TPSA) is 127 Å². The second-order valence-corrected chi connectivity index (χ2v) is 22.3. The van der Waals surface area contributed by atoms with Crippen LogP contribution in [0.3, 0.4) is 0 Å². The van der Waals surface area contributed by atoms with Crippen molar-refractivity contribution in [2.24, 2.45) is 58.2 Å². The van der Waals surface area contributed by atoms with Crippen molar-refractivity contribution in [1.29, 1.82) is 0 Å². The first kappa shape index (κ1) is 54.6. The van der Waals surface area contributed by atoms with Crippen LogP contribution in [-0.4, -0.2) is 63.6 Å². The van der Waals surface area contributed by atoms with E-state index in [0.717, 1.165) is 61.2 Å². The van der Waals surface area contributed by atoms with Gasteiger partial charge in [0.25, 0.3) is 0 Å². The predicted octanol–water partition coefficient (Wildman–Crippen LogP) is 15.1. The largest absolute Gasteiger partial charge is 0.478 e. The zero-order valence-electron chi connectivity index (χ0n) is 41.2. The number of allylic oxidation sites excluding steroid dienone is 1. The molecule has 4 aliphatic carbocycles. The molecule has 0 aliphatic heterocycles. The van der Waals surface area contributed by atoms with Gasteiger partial charge in [-0.05, 0) is 183 Å². The van der Waals surface area contributed by atoms with Crippen molar-refractivity contribution in [3.05, 3.63) is 62.6 Å². The fourth-order valence-corrected chi connectivity index (χ4v) is 14.0.